The van der Waals surface area contributed by atoms with Crippen LogP contribution >= 0.6 is 33.9 Å². The minimum absolute atomic E-state index is 0.0569. The molecule has 1 amide bonds. The molecule has 3 nitrogen and oxygen atoms in total. The fourth-order valence-electron chi connectivity index (χ4n) is 0.956. The highest BCUT2D eigenvalue weighted by Crippen LogP contribution is 2.16. The van der Waals surface area contributed by atoms with Crippen LogP contribution in [-0.4, -0.2) is 31.8 Å². The third-order valence-electron chi connectivity index (χ3n) is 1.63. The van der Waals surface area contributed by atoms with Gasteiger partial charge in [-0.1, -0.05) is 0 Å². The molecule has 8 heteroatoms. The molecule has 0 aromatic carbocycles. The number of rotatable bonds is 5. The van der Waals surface area contributed by atoms with Crippen molar-refractivity contribution in [3.63, 3.8) is 0 Å². The largest absolute Gasteiger partial charge is 0.411 e. The van der Waals surface area contributed by atoms with Gasteiger partial charge in [-0.05, 0) is 28.7 Å². The predicted molar refractivity (Wildman–Crippen MR) is 66.2 cm³/mol. The first kappa shape index (κ1) is 14.7. The first-order chi connectivity index (χ1) is 7.88. The second-order valence-corrected chi connectivity index (χ2v) is 5.87. The molecule has 0 saturated carbocycles. The molecule has 0 bridgehead atoms. The summed E-state index contributed by atoms with van der Waals surface area (Å²) in [7, 11) is 0. The molecule has 0 fully saturated rings. The smallest absolute Gasteiger partial charge is 0.370 e. The van der Waals surface area contributed by atoms with Gasteiger partial charge in [0.25, 0.3) is 5.91 Å². The molecule has 1 heterocycles. The van der Waals surface area contributed by atoms with Gasteiger partial charge in [-0.2, -0.15) is 13.2 Å². The van der Waals surface area contributed by atoms with Gasteiger partial charge in [0, 0.05) is 11.9 Å². The van der Waals surface area contributed by atoms with Crippen LogP contribution in [0.3, 0.4) is 0 Å². The van der Waals surface area contributed by atoms with Crippen LogP contribution in [0.25, 0.3) is 0 Å². The van der Waals surface area contributed by atoms with E-state index in [1.807, 2.05) is 0 Å². The van der Waals surface area contributed by atoms with Crippen molar-refractivity contribution in [2.75, 3.05) is 19.8 Å². The van der Waals surface area contributed by atoms with E-state index in [9.17, 15) is 18.0 Å². The lowest BCUT2D eigenvalue weighted by molar-refractivity contribution is -0.173. The zero-order chi connectivity index (χ0) is 12.9. The number of alkyl halides is 3. The number of nitrogens with one attached hydrogen (secondary N) is 1. The Morgan fingerprint density at radius 2 is 2.24 bits per heavy atom. The van der Waals surface area contributed by atoms with Crippen molar-refractivity contribution in [3.05, 3.63) is 19.9 Å². The van der Waals surface area contributed by atoms with Crippen LogP contribution in [0.5, 0.6) is 0 Å². The lowest BCUT2D eigenvalue weighted by Crippen LogP contribution is -2.28. The zero-order valence-corrected chi connectivity index (χ0v) is 11.5. The van der Waals surface area contributed by atoms with E-state index in [4.69, 9.17) is 0 Å². The summed E-state index contributed by atoms with van der Waals surface area (Å²) in [5.41, 5.74) is 0.509. The zero-order valence-electron chi connectivity index (χ0n) is 8.51. The van der Waals surface area contributed by atoms with Crippen molar-refractivity contribution < 1.29 is 22.7 Å². The second-order valence-electron chi connectivity index (χ2n) is 3.06. The molecule has 17 heavy (non-hydrogen) atoms. The summed E-state index contributed by atoms with van der Waals surface area (Å²) in [6, 6.07) is 1.71. The van der Waals surface area contributed by atoms with Crippen LogP contribution in [0.15, 0.2) is 11.4 Å². The molecule has 1 rings (SSSR count). The molecule has 0 aliphatic rings. The second kappa shape index (κ2) is 6.55. The average Bonchev–Trinajstić information content (AvgIpc) is 2.62. The Hall–Kier alpha value is -0.350. The van der Waals surface area contributed by atoms with Crippen LogP contribution in [0.1, 0.15) is 10.4 Å². The number of hydrogen-bond donors (Lipinski definition) is 1. The highest BCUT2D eigenvalue weighted by molar-refractivity contribution is 14.1. The van der Waals surface area contributed by atoms with E-state index in [2.05, 4.69) is 32.6 Å². The summed E-state index contributed by atoms with van der Waals surface area (Å²) in [6.45, 7) is -1.40. The first-order valence-electron chi connectivity index (χ1n) is 4.55. The van der Waals surface area contributed by atoms with E-state index in [0.29, 0.717) is 5.56 Å². The van der Waals surface area contributed by atoms with Crippen LogP contribution in [0.4, 0.5) is 13.2 Å². The van der Waals surface area contributed by atoms with Gasteiger partial charge in [0.1, 0.15) is 6.61 Å². The quantitative estimate of drug-likeness (QED) is 0.631. The van der Waals surface area contributed by atoms with Gasteiger partial charge in [-0.25, -0.2) is 0 Å². The van der Waals surface area contributed by atoms with E-state index in [1.165, 1.54) is 11.3 Å². The van der Waals surface area contributed by atoms with Gasteiger partial charge in [-0.15, -0.1) is 11.3 Å². The Labute approximate surface area is 113 Å². The Morgan fingerprint density at radius 3 is 2.76 bits per heavy atom. The third-order valence-corrected chi connectivity index (χ3v) is 3.42. The fraction of sp³-hybridized carbons (Fsp3) is 0.444. The highest BCUT2D eigenvalue weighted by atomic mass is 127. The van der Waals surface area contributed by atoms with Gasteiger partial charge < -0.3 is 10.1 Å². The van der Waals surface area contributed by atoms with E-state index >= 15 is 0 Å². The van der Waals surface area contributed by atoms with E-state index in [0.717, 1.165) is 2.88 Å². The maximum absolute atomic E-state index is 11.7. The standard InChI is InChI=1S/C9H9F3INO2S/c10-9(11,12)5-16-2-1-14-8(15)6-3-7(13)17-4-6/h3-4H,1-2,5H2,(H,14,15). The summed E-state index contributed by atoms with van der Waals surface area (Å²) in [5.74, 6) is -0.306. The van der Waals surface area contributed by atoms with Crippen LogP contribution in [0, 0.1) is 2.88 Å². The monoisotopic (exact) mass is 379 g/mol. The van der Waals surface area contributed by atoms with E-state index in [1.54, 1.807) is 11.4 Å². The average molecular weight is 379 g/mol. The minimum atomic E-state index is -4.33. The molecule has 1 aromatic heterocycles. The summed E-state index contributed by atoms with van der Waals surface area (Å²) in [6.07, 6.45) is -4.33. The van der Waals surface area contributed by atoms with E-state index in [-0.39, 0.29) is 19.1 Å². The van der Waals surface area contributed by atoms with Gasteiger partial charge in [-0.3, -0.25) is 4.79 Å². The highest BCUT2D eigenvalue weighted by Gasteiger charge is 2.27. The summed E-state index contributed by atoms with van der Waals surface area (Å²) in [5, 5.41) is 4.16. The molecule has 1 N–H and O–H groups in total. The Morgan fingerprint density at radius 1 is 1.53 bits per heavy atom. The van der Waals surface area contributed by atoms with Crippen LogP contribution in [-0.2, 0) is 4.74 Å². The summed E-state index contributed by atoms with van der Waals surface area (Å²) in [4.78, 5) is 11.4. The van der Waals surface area contributed by atoms with Crippen molar-refractivity contribution in [3.8, 4) is 0 Å². The molecule has 1 aromatic rings. The minimum Gasteiger partial charge on any atom is -0.370 e. The van der Waals surface area contributed by atoms with Gasteiger partial charge in [0.2, 0.25) is 0 Å². The van der Waals surface area contributed by atoms with Crippen molar-refractivity contribution in [2.24, 2.45) is 0 Å². The van der Waals surface area contributed by atoms with Crippen molar-refractivity contribution in [1.29, 1.82) is 0 Å². The SMILES string of the molecule is O=C(NCCOCC(F)(F)F)c1csc(I)c1. The number of amides is 1. The Balaban J connectivity index is 2.17. The first-order valence-corrected chi connectivity index (χ1v) is 6.51. The Bertz CT molecular complexity index is 381. The number of ether oxygens (including phenoxy) is 1. The molecular weight excluding hydrogens is 370 g/mol. The molecule has 96 valence electrons. The van der Waals surface area contributed by atoms with Crippen LogP contribution in [0.2, 0.25) is 0 Å². The topological polar surface area (TPSA) is 38.3 Å². The van der Waals surface area contributed by atoms with E-state index < -0.39 is 12.8 Å². The lowest BCUT2D eigenvalue weighted by atomic mass is 10.3. The third kappa shape index (κ3) is 6.22. The normalized spacial score (nSPS) is 11.5. The maximum atomic E-state index is 11.7. The van der Waals surface area contributed by atoms with Gasteiger partial charge in [0.05, 0.1) is 15.1 Å². The molecule has 0 aliphatic carbocycles. The Kier molecular flexibility index (Phi) is 5.67. The number of thiophene rings is 1. The summed E-state index contributed by atoms with van der Waals surface area (Å²) >= 11 is 3.51. The van der Waals surface area contributed by atoms with Crippen molar-refractivity contribution in [1.82, 2.24) is 5.32 Å². The summed E-state index contributed by atoms with van der Waals surface area (Å²) < 4.78 is 40.4. The molecule has 0 atom stereocenters. The lowest BCUT2D eigenvalue weighted by Gasteiger charge is -2.07. The molecule has 0 radical (unpaired) electrons. The maximum Gasteiger partial charge on any atom is 0.411 e. The number of carbonyl (C=O) groups is 1. The van der Waals surface area contributed by atoms with Gasteiger partial charge in [0.15, 0.2) is 0 Å². The van der Waals surface area contributed by atoms with Crippen molar-refractivity contribution in [2.45, 2.75) is 6.18 Å². The molecule has 0 spiro atoms. The molecule has 0 saturated heterocycles. The number of halogens is 4. The number of hydrogen-bond acceptors (Lipinski definition) is 3. The molecule has 0 aliphatic heterocycles. The molecular formula is C9H9F3INO2S. The molecule has 0 unspecified atom stereocenters. The van der Waals surface area contributed by atoms with Crippen molar-refractivity contribution >= 4 is 39.8 Å². The van der Waals surface area contributed by atoms with Gasteiger partial charge >= 0.3 is 6.18 Å². The fourth-order valence-corrected chi connectivity index (χ4v) is 2.28. The predicted octanol–water partition coefficient (Wildman–Crippen LogP) is 2.66. The number of carbonyl (C=O) groups excluding carboxylic acids is 1. The van der Waals surface area contributed by atoms with Crippen LogP contribution < -0.4 is 5.32 Å².